The van der Waals surface area contributed by atoms with Crippen molar-refractivity contribution in [3.63, 3.8) is 0 Å². The number of halogens is 1. The third-order valence-electron chi connectivity index (χ3n) is 7.80. The fourth-order valence-corrected chi connectivity index (χ4v) is 6.53. The molecule has 230 valence electrons. The third kappa shape index (κ3) is 5.89. The van der Waals surface area contributed by atoms with Crippen molar-refractivity contribution in [1.82, 2.24) is 13.9 Å². The summed E-state index contributed by atoms with van der Waals surface area (Å²) in [6, 6.07) is 17.1. The summed E-state index contributed by atoms with van der Waals surface area (Å²) < 4.78 is 18.4. The second-order valence-electron chi connectivity index (χ2n) is 10.6. The van der Waals surface area contributed by atoms with Gasteiger partial charge in [-0.3, -0.25) is 28.5 Å². The van der Waals surface area contributed by atoms with Gasteiger partial charge in [-0.2, -0.15) is 5.26 Å². The number of amides is 1. The van der Waals surface area contributed by atoms with E-state index in [1.165, 1.54) is 26.3 Å². The van der Waals surface area contributed by atoms with E-state index in [9.17, 15) is 24.0 Å². The normalized spacial score (nSPS) is 14.0. The van der Waals surface area contributed by atoms with E-state index in [1.54, 1.807) is 55.9 Å². The van der Waals surface area contributed by atoms with Gasteiger partial charge in [0.15, 0.2) is 4.32 Å². The Morgan fingerprint density at radius 2 is 1.73 bits per heavy atom. The van der Waals surface area contributed by atoms with Crippen molar-refractivity contribution in [2.45, 2.75) is 46.7 Å². The largest absolute Gasteiger partial charge is 0.367 e. The van der Waals surface area contributed by atoms with Crippen molar-refractivity contribution in [3.05, 3.63) is 114 Å². The Bertz CT molecular complexity index is 2000. The van der Waals surface area contributed by atoms with Crippen LogP contribution in [0.1, 0.15) is 47.7 Å². The monoisotopic (exact) mass is 642 g/mol. The minimum atomic E-state index is -0.482. The van der Waals surface area contributed by atoms with Gasteiger partial charge in [-0.15, -0.1) is 0 Å². The van der Waals surface area contributed by atoms with Gasteiger partial charge in [-0.25, -0.2) is 9.07 Å². The number of carbonyl (C=O) groups excluding carboxylic acids is 1. The van der Waals surface area contributed by atoms with Crippen molar-refractivity contribution < 1.29 is 9.18 Å². The second kappa shape index (κ2) is 13.1. The molecule has 9 nitrogen and oxygen atoms in total. The topological polar surface area (TPSA) is 105 Å². The van der Waals surface area contributed by atoms with E-state index < -0.39 is 17.0 Å². The van der Waals surface area contributed by atoms with Crippen LogP contribution in [0.25, 0.3) is 11.8 Å². The zero-order chi connectivity index (χ0) is 32.4. The number of para-hydroxylation sites is 1. The highest BCUT2D eigenvalue weighted by molar-refractivity contribution is 8.27. The van der Waals surface area contributed by atoms with Crippen LogP contribution in [-0.2, 0) is 24.9 Å². The number of benzene rings is 2. The Hall–Kier alpha value is -4.73. The summed E-state index contributed by atoms with van der Waals surface area (Å²) in [5.74, 6) is -0.411. The smallest absolute Gasteiger partial charge is 0.296 e. The molecule has 0 unspecified atom stereocenters. The van der Waals surface area contributed by atoms with E-state index in [0.29, 0.717) is 41.3 Å². The molecular weight excluding hydrogens is 612 g/mol. The van der Waals surface area contributed by atoms with Crippen molar-refractivity contribution >= 4 is 51.8 Å². The van der Waals surface area contributed by atoms with E-state index in [0.717, 1.165) is 23.7 Å². The van der Waals surface area contributed by atoms with Crippen LogP contribution in [0.2, 0.25) is 0 Å². The molecule has 3 heterocycles. The van der Waals surface area contributed by atoms with Gasteiger partial charge < -0.3 is 5.32 Å². The molecule has 0 bridgehead atoms. The van der Waals surface area contributed by atoms with Crippen LogP contribution in [0, 0.1) is 31.0 Å². The van der Waals surface area contributed by atoms with Gasteiger partial charge in [0.1, 0.15) is 29.0 Å². The summed E-state index contributed by atoms with van der Waals surface area (Å²) in [6.07, 6.45) is 3.12. The van der Waals surface area contributed by atoms with Crippen LogP contribution in [-0.4, -0.2) is 24.2 Å². The van der Waals surface area contributed by atoms with Gasteiger partial charge in [-0.05, 0) is 61.7 Å². The lowest BCUT2D eigenvalue weighted by Gasteiger charge is -2.20. The number of unbranched alkanes of at least 4 members (excludes halogenated alkanes) is 1. The van der Waals surface area contributed by atoms with Crippen LogP contribution < -0.4 is 21.3 Å². The number of carbonyl (C=O) groups is 1. The highest BCUT2D eigenvalue weighted by Gasteiger charge is 2.38. The minimum Gasteiger partial charge on any atom is -0.367 e. The van der Waals surface area contributed by atoms with Crippen molar-refractivity contribution in [1.29, 1.82) is 5.26 Å². The highest BCUT2D eigenvalue weighted by atomic mass is 32.2. The van der Waals surface area contributed by atoms with Crippen molar-refractivity contribution in [2.75, 3.05) is 10.2 Å². The van der Waals surface area contributed by atoms with E-state index in [1.807, 2.05) is 31.2 Å². The predicted molar refractivity (Wildman–Crippen MR) is 180 cm³/mol. The summed E-state index contributed by atoms with van der Waals surface area (Å²) in [7, 11) is 1.74. The molecule has 0 radical (unpaired) electrons. The van der Waals surface area contributed by atoms with E-state index in [4.69, 9.17) is 12.2 Å². The molecule has 4 aromatic rings. The summed E-state index contributed by atoms with van der Waals surface area (Å²) in [5, 5.41) is 13.3. The lowest BCUT2D eigenvalue weighted by atomic mass is 10.0. The number of thiocarbonyl (C=S) groups is 1. The number of hydrogen-bond donors (Lipinski definition) is 1. The first-order valence-corrected chi connectivity index (χ1v) is 15.6. The Morgan fingerprint density at radius 1 is 1.04 bits per heavy atom. The lowest BCUT2D eigenvalue weighted by Crippen LogP contribution is -2.33. The number of nitrogens with zero attached hydrogens (tertiary/aromatic N) is 5. The molecule has 1 amide bonds. The van der Waals surface area contributed by atoms with Gasteiger partial charge >= 0.3 is 0 Å². The average Bonchev–Trinajstić information content (AvgIpc) is 3.42. The number of aromatic nitrogens is 3. The van der Waals surface area contributed by atoms with Crippen LogP contribution in [0.5, 0.6) is 0 Å². The molecular formula is C33H31FN6O3S2. The summed E-state index contributed by atoms with van der Waals surface area (Å²) in [6.45, 7) is 6.03. The lowest BCUT2D eigenvalue weighted by molar-refractivity contribution is -0.113. The number of hydrogen-bond acceptors (Lipinski definition) is 7. The van der Waals surface area contributed by atoms with Crippen LogP contribution in [0.4, 0.5) is 15.9 Å². The van der Waals surface area contributed by atoms with Gasteiger partial charge in [0, 0.05) is 25.7 Å². The molecule has 1 fully saturated rings. The number of thioether (sulfide) groups is 1. The fourth-order valence-electron chi connectivity index (χ4n) is 5.27. The average molecular weight is 643 g/mol. The van der Waals surface area contributed by atoms with Gasteiger partial charge in [-0.1, -0.05) is 67.7 Å². The maximum atomic E-state index is 14.0. The fraction of sp³-hybridized carbons (Fsp3) is 0.242. The Balaban J connectivity index is 1.62. The van der Waals surface area contributed by atoms with Crippen LogP contribution in [0.15, 0.2) is 69.1 Å². The number of nitrogens with one attached hydrogen (secondary N) is 1. The van der Waals surface area contributed by atoms with E-state index in [2.05, 4.69) is 5.32 Å². The molecule has 1 aliphatic rings. The SMILES string of the molecule is CCCCn1c(NCc2ccc(F)cc2)c(/C=C2/SC(=S)N(c3c(C)n(C)n(-c4ccccc4)c3=O)C2=O)c(C)c(C#N)c1=O. The first-order valence-electron chi connectivity index (χ1n) is 14.4. The second-order valence-corrected chi connectivity index (χ2v) is 12.3. The Morgan fingerprint density at radius 3 is 2.38 bits per heavy atom. The number of pyridine rings is 1. The number of anilines is 2. The van der Waals surface area contributed by atoms with Crippen LogP contribution in [0.3, 0.4) is 0 Å². The van der Waals surface area contributed by atoms with Crippen molar-refractivity contribution in [2.24, 2.45) is 7.05 Å². The highest BCUT2D eigenvalue weighted by Crippen LogP contribution is 2.38. The molecule has 2 aromatic heterocycles. The number of rotatable bonds is 9. The van der Waals surface area contributed by atoms with Gasteiger partial charge in [0.2, 0.25) is 0 Å². The van der Waals surface area contributed by atoms with E-state index in [-0.39, 0.29) is 32.8 Å². The van der Waals surface area contributed by atoms with E-state index >= 15 is 0 Å². The summed E-state index contributed by atoms with van der Waals surface area (Å²) in [5.41, 5.74) is 2.17. The molecule has 2 aromatic carbocycles. The standard InChI is InChI=1S/C33H31FN6O3S2/c1-5-6-16-38-29(36-19-22-12-14-23(34)15-13-22)25(20(2)26(18-35)30(38)41)17-27-31(42)39(33(44)45-27)28-21(3)37(4)40(32(28)43)24-10-8-7-9-11-24/h7-15,17,36H,5-6,16,19H2,1-4H3/b27-17+. The first kappa shape index (κ1) is 31.7. The molecule has 12 heteroatoms. The molecule has 1 N–H and O–H groups in total. The molecule has 0 spiro atoms. The maximum absolute atomic E-state index is 14.0. The third-order valence-corrected chi connectivity index (χ3v) is 9.10. The molecule has 0 saturated carbocycles. The molecule has 5 rings (SSSR count). The summed E-state index contributed by atoms with van der Waals surface area (Å²) in [4.78, 5) is 42.7. The quantitative estimate of drug-likeness (QED) is 0.182. The van der Waals surface area contributed by atoms with Crippen molar-refractivity contribution in [3.8, 4) is 11.8 Å². The predicted octanol–water partition coefficient (Wildman–Crippen LogP) is 5.78. The molecule has 0 aliphatic carbocycles. The summed E-state index contributed by atoms with van der Waals surface area (Å²) >= 11 is 6.69. The zero-order valence-electron chi connectivity index (χ0n) is 25.3. The Kier molecular flexibility index (Phi) is 9.22. The maximum Gasteiger partial charge on any atom is 0.296 e. The van der Waals surface area contributed by atoms with Crippen LogP contribution >= 0.6 is 24.0 Å². The zero-order valence-corrected chi connectivity index (χ0v) is 26.9. The molecule has 1 saturated heterocycles. The minimum absolute atomic E-state index is 0.0233. The molecule has 1 aliphatic heterocycles. The molecule has 45 heavy (non-hydrogen) atoms. The molecule has 0 atom stereocenters. The number of nitriles is 1. The first-order chi connectivity index (χ1) is 21.6. The Labute approximate surface area is 269 Å². The van der Waals surface area contributed by atoms with Gasteiger partial charge in [0.25, 0.3) is 17.0 Å². The van der Waals surface area contributed by atoms with Gasteiger partial charge in [0.05, 0.1) is 16.3 Å².